The molecule has 1 N–H and O–H groups in total. The van der Waals surface area contributed by atoms with Gasteiger partial charge in [0, 0.05) is 37.6 Å². The van der Waals surface area contributed by atoms with Crippen LogP contribution in [0.15, 0.2) is 48.7 Å². The minimum Gasteiger partial charge on any atom is -0.361 e. The Morgan fingerprint density at radius 2 is 1.77 bits per heavy atom. The van der Waals surface area contributed by atoms with Gasteiger partial charge in [0.15, 0.2) is 0 Å². The second-order valence-electron chi connectivity index (χ2n) is 4.99. The Labute approximate surface area is 136 Å². The quantitative estimate of drug-likeness (QED) is 0.545. The summed E-state index contributed by atoms with van der Waals surface area (Å²) < 4.78 is 0. The molecule has 3 rings (SSSR count). The summed E-state index contributed by atoms with van der Waals surface area (Å²) in [7, 11) is 0. The largest absolute Gasteiger partial charge is 0.361 e. The molecular weight excluding hydrogens is 323 g/mol. The van der Waals surface area contributed by atoms with E-state index in [0.717, 1.165) is 16.5 Å². The predicted molar refractivity (Wildman–Crippen MR) is 88.5 cm³/mol. The molecule has 3 aromatic rings. The van der Waals surface area contributed by atoms with Crippen molar-refractivity contribution in [1.82, 2.24) is 4.98 Å². The van der Waals surface area contributed by atoms with Crippen LogP contribution in [0.3, 0.4) is 0 Å². The minimum atomic E-state index is -0.507. The van der Waals surface area contributed by atoms with Gasteiger partial charge in [-0.1, -0.05) is 47.5 Å². The van der Waals surface area contributed by atoms with Gasteiger partial charge in [-0.2, -0.15) is 0 Å². The van der Waals surface area contributed by atoms with Gasteiger partial charge >= 0.3 is 0 Å². The zero-order valence-corrected chi connectivity index (χ0v) is 12.9. The Kier molecular flexibility index (Phi) is 4.05. The number of nitrogens with zero attached hydrogens (tertiary/aromatic N) is 1. The van der Waals surface area contributed by atoms with Gasteiger partial charge in [-0.25, -0.2) is 0 Å². The minimum absolute atomic E-state index is 0.273. The number of H-pyrrole nitrogens is 1. The molecule has 0 unspecified atom stereocenters. The van der Waals surface area contributed by atoms with E-state index in [2.05, 4.69) is 4.98 Å². The van der Waals surface area contributed by atoms with Crippen molar-refractivity contribution < 1.29 is 4.92 Å². The number of aromatic amines is 1. The zero-order valence-electron chi connectivity index (χ0n) is 11.4. The third kappa shape index (κ3) is 2.67. The fourth-order valence-electron chi connectivity index (χ4n) is 2.72. The molecule has 0 bridgehead atoms. The predicted octanol–water partition coefficient (Wildman–Crippen LogP) is 4.88. The Bertz CT molecular complexity index is 825. The van der Waals surface area contributed by atoms with Crippen molar-refractivity contribution in [3.8, 4) is 0 Å². The van der Waals surface area contributed by atoms with Gasteiger partial charge in [0.25, 0.3) is 0 Å². The van der Waals surface area contributed by atoms with E-state index in [-0.39, 0.29) is 11.5 Å². The van der Waals surface area contributed by atoms with Crippen LogP contribution in [0.4, 0.5) is 0 Å². The molecule has 0 amide bonds. The summed E-state index contributed by atoms with van der Waals surface area (Å²) in [4.78, 5) is 13.9. The van der Waals surface area contributed by atoms with E-state index in [1.165, 1.54) is 0 Å². The second-order valence-corrected chi connectivity index (χ2v) is 5.81. The molecule has 2 aromatic carbocycles. The van der Waals surface area contributed by atoms with Crippen LogP contribution in [-0.2, 0) is 0 Å². The summed E-state index contributed by atoms with van der Waals surface area (Å²) in [6.45, 7) is -0.273. The van der Waals surface area contributed by atoms with Crippen LogP contribution in [0, 0.1) is 10.1 Å². The van der Waals surface area contributed by atoms with Crippen molar-refractivity contribution in [3.63, 3.8) is 0 Å². The van der Waals surface area contributed by atoms with E-state index in [1.54, 1.807) is 24.4 Å². The van der Waals surface area contributed by atoms with Crippen LogP contribution in [0.25, 0.3) is 10.9 Å². The first kappa shape index (κ1) is 14.9. The van der Waals surface area contributed by atoms with Crippen LogP contribution in [0.1, 0.15) is 17.0 Å². The monoisotopic (exact) mass is 334 g/mol. The summed E-state index contributed by atoms with van der Waals surface area (Å²) in [6, 6.07) is 12.8. The van der Waals surface area contributed by atoms with E-state index < -0.39 is 5.92 Å². The molecule has 0 aliphatic carbocycles. The number of halogens is 2. The van der Waals surface area contributed by atoms with Crippen LogP contribution < -0.4 is 0 Å². The van der Waals surface area contributed by atoms with Gasteiger partial charge in [-0.15, -0.1) is 0 Å². The van der Waals surface area contributed by atoms with E-state index >= 15 is 0 Å². The number of nitro groups is 1. The van der Waals surface area contributed by atoms with E-state index in [4.69, 9.17) is 23.2 Å². The Balaban J connectivity index is 2.21. The maximum absolute atomic E-state index is 11.1. The molecule has 22 heavy (non-hydrogen) atoms. The number of para-hydroxylation sites is 1. The maximum Gasteiger partial charge on any atom is 0.214 e. The molecule has 1 heterocycles. The standard InChI is InChI=1S/C16H12Cl2N2O2/c17-13-5-3-6-14(18)16(13)12(9-20(21)22)11-8-19-15-7-2-1-4-10(11)15/h1-8,12,19H,9H2/t12-/m1/s1. The van der Waals surface area contributed by atoms with E-state index in [1.807, 2.05) is 24.3 Å². The molecule has 0 saturated heterocycles. The second kappa shape index (κ2) is 5.99. The molecule has 4 nitrogen and oxygen atoms in total. The number of benzene rings is 2. The highest BCUT2D eigenvalue weighted by Gasteiger charge is 2.27. The highest BCUT2D eigenvalue weighted by molar-refractivity contribution is 6.36. The lowest BCUT2D eigenvalue weighted by Gasteiger charge is -2.16. The maximum atomic E-state index is 11.1. The molecule has 0 aliphatic heterocycles. The van der Waals surface area contributed by atoms with Crippen molar-refractivity contribution >= 4 is 34.1 Å². The molecule has 0 saturated carbocycles. The fourth-order valence-corrected chi connectivity index (χ4v) is 3.38. The molecule has 0 aliphatic rings. The van der Waals surface area contributed by atoms with E-state index in [9.17, 15) is 10.1 Å². The van der Waals surface area contributed by atoms with Crippen molar-refractivity contribution in [2.75, 3.05) is 6.54 Å². The molecule has 0 fully saturated rings. The normalized spacial score (nSPS) is 12.5. The summed E-state index contributed by atoms with van der Waals surface area (Å²) in [5.74, 6) is -0.507. The van der Waals surface area contributed by atoms with Crippen LogP contribution in [0.5, 0.6) is 0 Å². The van der Waals surface area contributed by atoms with Gasteiger partial charge in [-0.3, -0.25) is 10.1 Å². The van der Waals surface area contributed by atoms with Gasteiger partial charge in [-0.05, 0) is 23.8 Å². The Hall–Kier alpha value is -2.04. The smallest absolute Gasteiger partial charge is 0.214 e. The van der Waals surface area contributed by atoms with Crippen molar-refractivity contribution in [2.45, 2.75) is 5.92 Å². The van der Waals surface area contributed by atoms with Crippen molar-refractivity contribution in [3.05, 3.63) is 79.9 Å². The highest BCUT2D eigenvalue weighted by Crippen LogP contribution is 2.38. The first-order valence-corrected chi connectivity index (χ1v) is 7.45. The zero-order chi connectivity index (χ0) is 15.7. The third-order valence-electron chi connectivity index (χ3n) is 3.68. The number of aromatic nitrogens is 1. The lowest BCUT2D eigenvalue weighted by atomic mass is 9.91. The number of hydrogen-bond donors (Lipinski definition) is 1. The molecular formula is C16H12Cl2N2O2. The third-order valence-corrected chi connectivity index (χ3v) is 4.34. The number of nitrogens with one attached hydrogen (secondary N) is 1. The number of rotatable bonds is 4. The van der Waals surface area contributed by atoms with Gasteiger partial charge in [0.2, 0.25) is 6.54 Å². The molecule has 112 valence electrons. The highest BCUT2D eigenvalue weighted by atomic mass is 35.5. The van der Waals surface area contributed by atoms with Crippen LogP contribution in [0.2, 0.25) is 10.0 Å². The van der Waals surface area contributed by atoms with Crippen molar-refractivity contribution in [1.29, 1.82) is 0 Å². The average Bonchev–Trinajstić information content (AvgIpc) is 2.89. The first-order valence-electron chi connectivity index (χ1n) is 6.69. The van der Waals surface area contributed by atoms with Gasteiger partial charge in [0.1, 0.15) is 0 Å². The van der Waals surface area contributed by atoms with E-state index in [0.29, 0.717) is 15.6 Å². The van der Waals surface area contributed by atoms with Gasteiger partial charge < -0.3 is 4.98 Å². The lowest BCUT2D eigenvalue weighted by Crippen LogP contribution is -2.14. The van der Waals surface area contributed by atoms with Crippen LogP contribution in [-0.4, -0.2) is 16.5 Å². The number of fused-ring (bicyclic) bond motifs is 1. The summed E-state index contributed by atoms with van der Waals surface area (Å²) in [5.41, 5.74) is 2.34. The average molecular weight is 335 g/mol. The number of hydrogen-bond acceptors (Lipinski definition) is 2. The Morgan fingerprint density at radius 1 is 1.09 bits per heavy atom. The van der Waals surface area contributed by atoms with Gasteiger partial charge in [0.05, 0.1) is 5.92 Å². The SMILES string of the molecule is O=[N+]([O-])C[C@@H](c1c(Cl)cccc1Cl)c1c[nH]c2ccccc12. The summed E-state index contributed by atoms with van der Waals surface area (Å²) >= 11 is 12.5. The fraction of sp³-hybridized carbons (Fsp3) is 0.125. The summed E-state index contributed by atoms with van der Waals surface area (Å²) in [5, 5.41) is 13.0. The molecule has 0 spiro atoms. The molecule has 1 atom stereocenters. The lowest BCUT2D eigenvalue weighted by molar-refractivity contribution is -0.481. The molecule has 6 heteroatoms. The molecule has 0 radical (unpaired) electrons. The van der Waals surface area contributed by atoms with Crippen molar-refractivity contribution in [2.24, 2.45) is 0 Å². The van der Waals surface area contributed by atoms with Crippen LogP contribution >= 0.6 is 23.2 Å². The summed E-state index contributed by atoms with van der Waals surface area (Å²) in [6.07, 6.45) is 1.79. The Morgan fingerprint density at radius 3 is 2.45 bits per heavy atom. The topological polar surface area (TPSA) is 58.9 Å². The first-order chi connectivity index (χ1) is 10.6. The molecule has 1 aromatic heterocycles.